The van der Waals surface area contributed by atoms with E-state index in [0.717, 1.165) is 9.35 Å². The van der Waals surface area contributed by atoms with Crippen LogP contribution in [0.3, 0.4) is 0 Å². The average Bonchev–Trinajstić information content (AvgIpc) is 2.62. The SMILES string of the molecule is COC(=O)C(C)(C)[C@@H](N)c1cc(Br)cs1. The number of carbonyl (C=O) groups excluding carboxylic acids is 1. The van der Waals surface area contributed by atoms with Crippen LogP contribution in [0, 0.1) is 5.41 Å². The lowest BCUT2D eigenvalue weighted by Crippen LogP contribution is -2.36. The van der Waals surface area contributed by atoms with Crippen LogP contribution in [-0.4, -0.2) is 13.1 Å². The summed E-state index contributed by atoms with van der Waals surface area (Å²) in [7, 11) is 1.38. The molecule has 15 heavy (non-hydrogen) atoms. The molecule has 3 nitrogen and oxygen atoms in total. The van der Waals surface area contributed by atoms with Crippen LogP contribution in [0.1, 0.15) is 24.8 Å². The number of carbonyl (C=O) groups is 1. The number of thiophene rings is 1. The number of hydrogen-bond acceptors (Lipinski definition) is 4. The minimum absolute atomic E-state index is 0.292. The van der Waals surface area contributed by atoms with Crippen molar-refractivity contribution in [3.05, 3.63) is 20.8 Å². The molecular weight excluding hydrogens is 278 g/mol. The quantitative estimate of drug-likeness (QED) is 0.871. The van der Waals surface area contributed by atoms with Gasteiger partial charge in [0, 0.05) is 14.7 Å². The van der Waals surface area contributed by atoms with Gasteiger partial charge >= 0.3 is 5.97 Å². The fraction of sp³-hybridized carbons (Fsp3) is 0.500. The molecule has 0 aliphatic carbocycles. The van der Waals surface area contributed by atoms with Crippen LogP contribution >= 0.6 is 27.3 Å². The van der Waals surface area contributed by atoms with Gasteiger partial charge in [-0.05, 0) is 35.8 Å². The molecule has 84 valence electrons. The van der Waals surface area contributed by atoms with Gasteiger partial charge in [0.05, 0.1) is 18.6 Å². The summed E-state index contributed by atoms with van der Waals surface area (Å²) in [4.78, 5) is 12.5. The van der Waals surface area contributed by atoms with Gasteiger partial charge in [-0.3, -0.25) is 4.79 Å². The van der Waals surface area contributed by atoms with Crippen molar-refractivity contribution < 1.29 is 9.53 Å². The Morgan fingerprint density at radius 1 is 1.67 bits per heavy atom. The summed E-state index contributed by atoms with van der Waals surface area (Å²) < 4.78 is 5.72. The van der Waals surface area contributed by atoms with Crippen molar-refractivity contribution in [2.75, 3.05) is 7.11 Å². The van der Waals surface area contributed by atoms with Crippen LogP contribution in [0.4, 0.5) is 0 Å². The first-order valence-corrected chi connectivity index (χ1v) is 6.14. The molecule has 0 radical (unpaired) electrons. The molecule has 0 aliphatic heterocycles. The van der Waals surface area contributed by atoms with Gasteiger partial charge in [-0.2, -0.15) is 0 Å². The van der Waals surface area contributed by atoms with Crippen molar-refractivity contribution in [1.29, 1.82) is 0 Å². The van der Waals surface area contributed by atoms with Gasteiger partial charge in [0.2, 0.25) is 0 Å². The highest BCUT2D eigenvalue weighted by molar-refractivity contribution is 9.10. The monoisotopic (exact) mass is 291 g/mol. The van der Waals surface area contributed by atoms with Crippen LogP contribution in [0.25, 0.3) is 0 Å². The third-order valence-electron chi connectivity index (χ3n) is 2.38. The Balaban J connectivity index is 2.93. The topological polar surface area (TPSA) is 52.3 Å². The maximum absolute atomic E-state index is 11.5. The Hall–Kier alpha value is -0.390. The predicted octanol–water partition coefficient (Wildman–Crippen LogP) is 2.71. The fourth-order valence-corrected chi connectivity index (χ4v) is 2.87. The molecule has 1 atom stereocenters. The van der Waals surface area contributed by atoms with Gasteiger partial charge in [-0.25, -0.2) is 0 Å². The van der Waals surface area contributed by atoms with E-state index in [1.807, 2.05) is 11.4 Å². The third-order valence-corrected chi connectivity index (χ3v) is 4.16. The average molecular weight is 292 g/mol. The first kappa shape index (κ1) is 12.7. The molecule has 1 aromatic heterocycles. The molecule has 1 aromatic rings. The second-order valence-corrected chi connectivity index (χ2v) is 5.72. The van der Waals surface area contributed by atoms with E-state index in [9.17, 15) is 4.79 Å². The summed E-state index contributed by atoms with van der Waals surface area (Å²) in [6.45, 7) is 3.58. The maximum Gasteiger partial charge on any atom is 0.313 e. The Morgan fingerprint density at radius 3 is 2.67 bits per heavy atom. The minimum atomic E-state index is -0.709. The molecule has 0 saturated carbocycles. The highest BCUT2D eigenvalue weighted by atomic mass is 79.9. The van der Waals surface area contributed by atoms with E-state index in [4.69, 9.17) is 10.5 Å². The summed E-state index contributed by atoms with van der Waals surface area (Å²) in [5.41, 5.74) is 5.34. The van der Waals surface area contributed by atoms with Crippen LogP contribution in [0.2, 0.25) is 0 Å². The van der Waals surface area contributed by atoms with E-state index in [0.29, 0.717) is 0 Å². The minimum Gasteiger partial charge on any atom is -0.469 e. The molecule has 0 amide bonds. The number of halogens is 1. The van der Waals surface area contributed by atoms with Crippen molar-refractivity contribution >= 4 is 33.2 Å². The molecule has 0 spiro atoms. The lowest BCUT2D eigenvalue weighted by molar-refractivity contribution is -0.152. The first-order valence-electron chi connectivity index (χ1n) is 4.47. The van der Waals surface area contributed by atoms with E-state index in [-0.39, 0.29) is 12.0 Å². The summed E-state index contributed by atoms with van der Waals surface area (Å²) in [5.74, 6) is -0.292. The Kier molecular flexibility index (Phi) is 3.92. The summed E-state index contributed by atoms with van der Waals surface area (Å²) in [5, 5.41) is 1.95. The maximum atomic E-state index is 11.5. The molecular formula is C10H14BrNO2S. The zero-order chi connectivity index (χ0) is 11.6. The van der Waals surface area contributed by atoms with Gasteiger partial charge < -0.3 is 10.5 Å². The molecule has 0 aromatic carbocycles. The van der Waals surface area contributed by atoms with Gasteiger partial charge in [0.25, 0.3) is 0 Å². The fourth-order valence-electron chi connectivity index (χ4n) is 1.24. The number of hydrogen-bond donors (Lipinski definition) is 1. The normalized spacial score (nSPS) is 13.7. The van der Waals surface area contributed by atoms with Crippen LogP contribution < -0.4 is 5.73 Å². The second-order valence-electron chi connectivity index (χ2n) is 3.86. The predicted molar refractivity (Wildman–Crippen MR) is 64.7 cm³/mol. The summed E-state index contributed by atoms with van der Waals surface area (Å²) >= 11 is 4.89. The number of ether oxygens (including phenoxy) is 1. The first-order chi connectivity index (χ1) is 6.89. The number of rotatable bonds is 3. The molecule has 0 saturated heterocycles. The van der Waals surface area contributed by atoms with Crippen molar-refractivity contribution in [2.24, 2.45) is 11.1 Å². The Bertz CT molecular complexity index is 362. The van der Waals surface area contributed by atoms with E-state index < -0.39 is 5.41 Å². The number of methoxy groups -OCH3 is 1. The molecule has 0 aliphatic rings. The highest BCUT2D eigenvalue weighted by Gasteiger charge is 2.37. The number of nitrogens with two attached hydrogens (primary N) is 1. The zero-order valence-corrected chi connectivity index (χ0v) is 11.3. The van der Waals surface area contributed by atoms with Crippen LogP contribution in [-0.2, 0) is 9.53 Å². The molecule has 5 heteroatoms. The van der Waals surface area contributed by atoms with Gasteiger partial charge in [-0.15, -0.1) is 11.3 Å². The van der Waals surface area contributed by atoms with Crippen molar-refractivity contribution in [3.63, 3.8) is 0 Å². The van der Waals surface area contributed by atoms with E-state index >= 15 is 0 Å². The Morgan fingerprint density at radius 2 is 2.27 bits per heavy atom. The van der Waals surface area contributed by atoms with Gasteiger partial charge in [0.1, 0.15) is 0 Å². The largest absolute Gasteiger partial charge is 0.469 e. The van der Waals surface area contributed by atoms with Gasteiger partial charge in [-0.1, -0.05) is 0 Å². The van der Waals surface area contributed by atoms with Crippen molar-refractivity contribution in [3.8, 4) is 0 Å². The number of esters is 1. The van der Waals surface area contributed by atoms with E-state index in [1.165, 1.54) is 18.4 Å². The van der Waals surface area contributed by atoms with E-state index in [2.05, 4.69) is 15.9 Å². The van der Waals surface area contributed by atoms with Gasteiger partial charge in [0.15, 0.2) is 0 Å². The van der Waals surface area contributed by atoms with Crippen LogP contribution in [0.15, 0.2) is 15.9 Å². The van der Waals surface area contributed by atoms with Crippen LogP contribution in [0.5, 0.6) is 0 Å². The highest BCUT2D eigenvalue weighted by Crippen LogP contribution is 2.36. The lowest BCUT2D eigenvalue weighted by atomic mass is 9.84. The molecule has 0 bridgehead atoms. The molecule has 2 N–H and O–H groups in total. The second kappa shape index (κ2) is 4.63. The third kappa shape index (κ3) is 2.59. The molecule has 1 rings (SSSR count). The lowest BCUT2D eigenvalue weighted by Gasteiger charge is -2.27. The Labute approximate surface area is 102 Å². The summed E-state index contributed by atoms with van der Waals surface area (Å²) in [6.07, 6.45) is 0. The molecule has 0 unspecified atom stereocenters. The molecule has 0 fully saturated rings. The zero-order valence-electron chi connectivity index (χ0n) is 8.91. The smallest absolute Gasteiger partial charge is 0.313 e. The van der Waals surface area contributed by atoms with Crippen molar-refractivity contribution in [2.45, 2.75) is 19.9 Å². The summed E-state index contributed by atoms with van der Waals surface area (Å²) in [6, 6.07) is 1.58. The van der Waals surface area contributed by atoms with Crippen molar-refractivity contribution in [1.82, 2.24) is 0 Å². The molecule has 1 heterocycles. The van der Waals surface area contributed by atoms with E-state index in [1.54, 1.807) is 13.8 Å². The standard InChI is InChI=1S/C10H14BrNO2S/c1-10(2,9(13)14-3)8(12)7-4-6(11)5-15-7/h4-5,8H,12H2,1-3H3/t8-/m0/s1.